The fourth-order valence-corrected chi connectivity index (χ4v) is 2.05. The minimum atomic E-state index is -0.727. The van der Waals surface area contributed by atoms with Crippen molar-refractivity contribution in [3.63, 3.8) is 0 Å². The number of hydrogen-bond donors (Lipinski definition) is 3. The van der Waals surface area contributed by atoms with E-state index in [-0.39, 0.29) is 18.6 Å². The maximum Gasteiger partial charge on any atom is 0.323 e. The Labute approximate surface area is 101 Å². The molecular formula is C10H21NO4S. The SMILES string of the molecule is CCCNC(CSCC(O)CO)C(=O)OC. The summed E-state index contributed by atoms with van der Waals surface area (Å²) in [5.74, 6) is 0.654. The van der Waals surface area contributed by atoms with Crippen molar-refractivity contribution in [3.8, 4) is 0 Å². The number of ether oxygens (including phenoxy) is 1. The zero-order valence-corrected chi connectivity index (χ0v) is 10.6. The second-order valence-electron chi connectivity index (χ2n) is 3.40. The molecule has 0 saturated carbocycles. The molecule has 16 heavy (non-hydrogen) atoms. The highest BCUT2D eigenvalue weighted by Gasteiger charge is 2.18. The largest absolute Gasteiger partial charge is 0.468 e. The average molecular weight is 251 g/mol. The van der Waals surface area contributed by atoms with Gasteiger partial charge in [0.2, 0.25) is 0 Å². The molecule has 3 N–H and O–H groups in total. The Morgan fingerprint density at radius 3 is 2.69 bits per heavy atom. The van der Waals surface area contributed by atoms with Crippen LogP contribution in [0.4, 0.5) is 0 Å². The molecule has 0 aliphatic heterocycles. The number of methoxy groups -OCH3 is 1. The van der Waals surface area contributed by atoms with E-state index >= 15 is 0 Å². The van der Waals surface area contributed by atoms with Crippen LogP contribution in [0, 0.1) is 0 Å². The Morgan fingerprint density at radius 2 is 2.19 bits per heavy atom. The lowest BCUT2D eigenvalue weighted by Gasteiger charge is -2.16. The molecule has 0 heterocycles. The van der Waals surface area contributed by atoms with Gasteiger partial charge in [0.1, 0.15) is 6.04 Å². The van der Waals surface area contributed by atoms with Crippen molar-refractivity contribution in [1.82, 2.24) is 5.32 Å². The van der Waals surface area contributed by atoms with E-state index in [2.05, 4.69) is 10.1 Å². The zero-order chi connectivity index (χ0) is 12.4. The zero-order valence-electron chi connectivity index (χ0n) is 9.81. The number of hydrogen-bond acceptors (Lipinski definition) is 6. The maximum absolute atomic E-state index is 11.4. The van der Waals surface area contributed by atoms with Crippen molar-refractivity contribution >= 4 is 17.7 Å². The van der Waals surface area contributed by atoms with Gasteiger partial charge in [-0.2, -0.15) is 11.8 Å². The molecule has 0 aromatic carbocycles. The normalized spacial score (nSPS) is 14.5. The minimum Gasteiger partial charge on any atom is -0.468 e. The number of thioether (sulfide) groups is 1. The monoisotopic (exact) mass is 251 g/mol. The summed E-state index contributed by atoms with van der Waals surface area (Å²) in [7, 11) is 1.36. The molecule has 2 atom stereocenters. The van der Waals surface area contributed by atoms with Crippen LogP contribution in [0.5, 0.6) is 0 Å². The second kappa shape index (κ2) is 9.89. The molecule has 96 valence electrons. The molecule has 0 aliphatic carbocycles. The summed E-state index contributed by atoms with van der Waals surface area (Å²) in [6.07, 6.45) is 0.215. The van der Waals surface area contributed by atoms with E-state index in [9.17, 15) is 4.79 Å². The molecule has 0 saturated heterocycles. The van der Waals surface area contributed by atoms with Crippen LogP contribution < -0.4 is 5.32 Å². The van der Waals surface area contributed by atoms with Gasteiger partial charge in [-0.15, -0.1) is 0 Å². The summed E-state index contributed by atoms with van der Waals surface area (Å²) in [5.41, 5.74) is 0. The van der Waals surface area contributed by atoms with Crippen LogP contribution >= 0.6 is 11.8 Å². The second-order valence-corrected chi connectivity index (χ2v) is 4.48. The van der Waals surface area contributed by atoms with Gasteiger partial charge >= 0.3 is 5.97 Å². The number of aliphatic hydroxyl groups is 2. The third-order valence-electron chi connectivity index (χ3n) is 1.93. The minimum absolute atomic E-state index is 0.252. The summed E-state index contributed by atoms with van der Waals surface area (Å²) in [5, 5.41) is 20.8. The number of carbonyl (C=O) groups is 1. The highest BCUT2D eigenvalue weighted by molar-refractivity contribution is 7.99. The van der Waals surface area contributed by atoms with Gasteiger partial charge in [-0.3, -0.25) is 4.79 Å². The lowest BCUT2D eigenvalue weighted by molar-refractivity contribution is -0.142. The van der Waals surface area contributed by atoms with Gasteiger partial charge in [-0.25, -0.2) is 0 Å². The summed E-state index contributed by atoms with van der Waals surface area (Å²) in [6, 6.07) is -0.346. The van der Waals surface area contributed by atoms with Crippen LogP contribution in [-0.2, 0) is 9.53 Å². The van der Waals surface area contributed by atoms with Gasteiger partial charge in [-0.1, -0.05) is 6.92 Å². The lowest BCUT2D eigenvalue weighted by atomic mass is 10.3. The third kappa shape index (κ3) is 7.05. The molecule has 0 rings (SSSR count). The van der Waals surface area contributed by atoms with Gasteiger partial charge in [-0.05, 0) is 13.0 Å². The smallest absolute Gasteiger partial charge is 0.323 e. The molecule has 0 aliphatic rings. The molecule has 5 nitrogen and oxygen atoms in total. The summed E-state index contributed by atoms with van der Waals surface area (Å²) in [6.45, 7) is 2.52. The summed E-state index contributed by atoms with van der Waals surface area (Å²) >= 11 is 1.41. The summed E-state index contributed by atoms with van der Waals surface area (Å²) in [4.78, 5) is 11.4. The molecule has 0 aromatic rings. The molecule has 0 radical (unpaired) electrons. The molecule has 0 fully saturated rings. The number of esters is 1. The van der Waals surface area contributed by atoms with Crippen LogP contribution in [0.2, 0.25) is 0 Å². The fourth-order valence-electron chi connectivity index (χ4n) is 1.05. The fraction of sp³-hybridized carbons (Fsp3) is 0.900. The molecular weight excluding hydrogens is 230 g/mol. The average Bonchev–Trinajstić information content (AvgIpc) is 2.32. The van der Waals surface area contributed by atoms with Crippen molar-refractivity contribution in [2.45, 2.75) is 25.5 Å². The standard InChI is InChI=1S/C10H21NO4S/c1-3-4-11-9(10(14)15-2)7-16-6-8(13)5-12/h8-9,11-13H,3-7H2,1-2H3. The van der Waals surface area contributed by atoms with E-state index in [1.54, 1.807) is 0 Å². The van der Waals surface area contributed by atoms with E-state index < -0.39 is 6.10 Å². The molecule has 0 bridgehead atoms. The number of rotatable bonds is 9. The first-order valence-corrected chi connectivity index (χ1v) is 6.49. The third-order valence-corrected chi connectivity index (χ3v) is 3.12. The van der Waals surface area contributed by atoms with Crippen molar-refractivity contribution in [3.05, 3.63) is 0 Å². The Balaban J connectivity index is 3.86. The molecule has 2 unspecified atom stereocenters. The van der Waals surface area contributed by atoms with Crippen LogP contribution in [0.1, 0.15) is 13.3 Å². The highest BCUT2D eigenvalue weighted by atomic mass is 32.2. The molecule has 0 aromatic heterocycles. The van der Waals surface area contributed by atoms with Gasteiger partial charge in [0, 0.05) is 11.5 Å². The Bertz CT molecular complexity index is 192. The van der Waals surface area contributed by atoms with E-state index in [1.165, 1.54) is 18.9 Å². The maximum atomic E-state index is 11.4. The van der Waals surface area contributed by atoms with E-state index in [0.29, 0.717) is 11.5 Å². The first-order chi connectivity index (χ1) is 7.65. The first-order valence-electron chi connectivity index (χ1n) is 5.33. The molecule has 0 amide bonds. The van der Waals surface area contributed by atoms with E-state index in [4.69, 9.17) is 10.2 Å². The predicted octanol–water partition coefficient (Wildman–Crippen LogP) is -0.386. The summed E-state index contributed by atoms with van der Waals surface area (Å²) < 4.78 is 4.67. The predicted molar refractivity (Wildman–Crippen MR) is 64.5 cm³/mol. The van der Waals surface area contributed by atoms with E-state index in [0.717, 1.165) is 13.0 Å². The molecule has 6 heteroatoms. The first kappa shape index (κ1) is 15.7. The Kier molecular flexibility index (Phi) is 9.71. The molecule has 0 spiro atoms. The van der Waals surface area contributed by atoms with Crippen molar-refractivity contribution < 1.29 is 19.7 Å². The van der Waals surface area contributed by atoms with Crippen molar-refractivity contribution in [2.75, 3.05) is 31.8 Å². The van der Waals surface area contributed by atoms with Crippen molar-refractivity contribution in [1.29, 1.82) is 0 Å². The Morgan fingerprint density at radius 1 is 1.50 bits per heavy atom. The van der Waals surface area contributed by atoms with Crippen LogP contribution in [0.3, 0.4) is 0 Å². The number of carbonyl (C=O) groups excluding carboxylic acids is 1. The number of aliphatic hydroxyl groups excluding tert-OH is 2. The topological polar surface area (TPSA) is 78.8 Å². The number of nitrogens with one attached hydrogen (secondary N) is 1. The van der Waals surface area contributed by atoms with Crippen LogP contribution in [0.25, 0.3) is 0 Å². The van der Waals surface area contributed by atoms with Crippen molar-refractivity contribution in [2.24, 2.45) is 0 Å². The van der Waals surface area contributed by atoms with Gasteiger partial charge in [0.15, 0.2) is 0 Å². The quantitative estimate of drug-likeness (QED) is 0.485. The van der Waals surface area contributed by atoms with Crippen LogP contribution in [-0.4, -0.2) is 60.1 Å². The Hall–Kier alpha value is -0.300. The highest BCUT2D eigenvalue weighted by Crippen LogP contribution is 2.06. The van der Waals surface area contributed by atoms with E-state index in [1.807, 2.05) is 6.92 Å². The van der Waals surface area contributed by atoms with Gasteiger partial charge in [0.25, 0.3) is 0 Å². The van der Waals surface area contributed by atoms with Crippen LogP contribution in [0.15, 0.2) is 0 Å². The van der Waals surface area contributed by atoms with Gasteiger partial charge in [0.05, 0.1) is 19.8 Å². The lowest BCUT2D eigenvalue weighted by Crippen LogP contribution is -2.40. The van der Waals surface area contributed by atoms with Gasteiger partial charge < -0.3 is 20.3 Å².